The fourth-order valence-corrected chi connectivity index (χ4v) is 1.91. The molecule has 1 heterocycles. The Morgan fingerprint density at radius 2 is 2.20 bits per heavy atom. The molecular formula is C14H25N3O3. The molecule has 1 unspecified atom stereocenters. The predicted octanol–water partition coefficient (Wildman–Crippen LogP) is 1.24. The number of nitrogens with one attached hydrogen (secondary N) is 2. The summed E-state index contributed by atoms with van der Waals surface area (Å²) in [6.45, 7) is 8.50. The van der Waals surface area contributed by atoms with Crippen molar-refractivity contribution in [3.8, 4) is 0 Å². The third kappa shape index (κ3) is 5.40. The lowest BCUT2D eigenvalue weighted by Crippen LogP contribution is -2.24. The molecule has 1 aromatic rings. The van der Waals surface area contributed by atoms with E-state index in [2.05, 4.69) is 15.3 Å². The van der Waals surface area contributed by atoms with Crippen molar-refractivity contribution < 1.29 is 9.47 Å². The van der Waals surface area contributed by atoms with Crippen LogP contribution in [0.15, 0.2) is 10.9 Å². The van der Waals surface area contributed by atoms with Gasteiger partial charge in [-0.3, -0.25) is 4.79 Å². The van der Waals surface area contributed by atoms with E-state index in [-0.39, 0.29) is 17.6 Å². The van der Waals surface area contributed by atoms with Gasteiger partial charge in [0.1, 0.15) is 11.9 Å². The maximum atomic E-state index is 11.7. The minimum absolute atomic E-state index is 0.149. The zero-order valence-corrected chi connectivity index (χ0v) is 12.7. The predicted molar refractivity (Wildman–Crippen MR) is 77.6 cm³/mol. The van der Waals surface area contributed by atoms with E-state index in [1.165, 1.54) is 6.07 Å². The van der Waals surface area contributed by atoms with Crippen molar-refractivity contribution in [1.29, 1.82) is 0 Å². The molecule has 0 fully saturated rings. The van der Waals surface area contributed by atoms with E-state index in [1.807, 2.05) is 20.8 Å². The molecule has 0 amide bonds. The molecule has 6 nitrogen and oxygen atoms in total. The van der Waals surface area contributed by atoms with Gasteiger partial charge < -0.3 is 19.8 Å². The average Bonchev–Trinajstić information content (AvgIpc) is 2.40. The normalized spacial score (nSPS) is 12.8. The van der Waals surface area contributed by atoms with E-state index in [4.69, 9.17) is 9.47 Å². The number of methoxy groups -OCH3 is 1. The lowest BCUT2D eigenvalue weighted by atomic mass is 10.1. The minimum Gasteiger partial charge on any atom is -0.383 e. The van der Waals surface area contributed by atoms with Crippen LogP contribution in [0.1, 0.15) is 38.4 Å². The minimum atomic E-state index is -0.188. The van der Waals surface area contributed by atoms with Gasteiger partial charge in [0.2, 0.25) is 0 Å². The molecule has 0 radical (unpaired) electrons. The Bertz CT molecular complexity index is 446. The van der Waals surface area contributed by atoms with Crippen molar-refractivity contribution in [3.63, 3.8) is 0 Å². The summed E-state index contributed by atoms with van der Waals surface area (Å²) in [6, 6.07) is 1.51. The first kappa shape index (κ1) is 16.8. The van der Waals surface area contributed by atoms with Crippen LogP contribution in [-0.2, 0) is 16.0 Å². The third-order valence-electron chi connectivity index (χ3n) is 2.82. The zero-order valence-electron chi connectivity index (χ0n) is 12.7. The third-order valence-corrected chi connectivity index (χ3v) is 2.82. The Morgan fingerprint density at radius 1 is 1.45 bits per heavy atom. The smallest absolute Gasteiger partial charge is 0.251 e. The van der Waals surface area contributed by atoms with Crippen LogP contribution in [0, 0.1) is 5.92 Å². The number of aromatic amines is 1. The van der Waals surface area contributed by atoms with Crippen LogP contribution >= 0.6 is 0 Å². The van der Waals surface area contributed by atoms with Gasteiger partial charge in [0.25, 0.3) is 5.56 Å². The molecule has 1 aromatic heterocycles. The maximum absolute atomic E-state index is 11.7. The van der Waals surface area contributed by atoms with Crippen molar-refractivity contribution in [2.45, 2.75) is 33.4 Å². The Morgan fingerprint density at radius 3 is 2.80 bits per heavy atom. The first-order valence-corrected chi connectivity index (χ1v) is 6.99. The Hall–Kier alpha value is -1.24. The Balaban J connectivity index is 2.81. The second kappa shape index (κ2) is 8.84. The second-order valence-corrected chi connectivity index (χ2v) is 4.91. The summed E-state index contributed by atoms with van der Waals surface area (Å²) in [5, 5.41) is 3.18. The number of aromatic nitrogens is 2. The molecule has 2 N–H and O–H groups in total. The van der Waals surface area contributed by atoms with Gasteiger partial charge in [-0.25, -0.2) is 4.98 Å². The van der Waals surface area contributed by atoms with Crippen molar-refractivity contribution in [2.24, 2.45) is 5.92 Å². The Kier molecular flexibility index (Phi) is 7.43. The van der Waals surface area contributed by atoms with E-state index in [0.717, 1.165) is 6.54 Å². The number of hydrogen-bond donors (Lipinski definition) is 2. The molecule has 0 saturated carbocycles. The number of hydrogen-bond acceptors (Lipinski definition) is 5. The number of ether oxygens (including phenoxy) is 2. The van der Waals surface area contributed by atoms with Crippen LogP contribution in [0.3, 0.4) is 0 Å². The summed E-state index contributed by atoms with van der Waals surface area (Å²) < 4.78 is 10.6. The van der Waals surface area contributed by atoms with Crippen LogP contribution in [0.2, 0.25) is 0 Å². The van der Waals surface area contributed by atoms with Crippen LogP contribution < -0.4 is 10.9 Å². The molecule has 0 aromatic carbocycles. The number of nitrogens with zero attached hydrogens (tertiary/aromatic N) is 1. The molecular weight excluding hydrogens is 258 g/mol. The van der Waals surface area contributed by atoms with Crippen molar-refractivity contribution >= 4 is 0 Å². The molecule has 1 rings (SSSR count). The van der Waals surface area contributed by atoms with E-state index < -0.39 is 0 Å². The van der Waals surface area contributed by atoms with Crippen LogP contribution in [0.4, 0.5) is 0 Å². The van der Waals surface area contributed by atoms with Gasteiger partial charge in [0, 0.05) is 32.9 Å². The highest BCUT2D eigenvalue weighted by Crippen LogP contribution is 2.21. The molecule has 6 heteroatoms. The molecule has 1 atom stereocenters. The van der Waals surface area contributed by atoms with Gasteiger partial charge in [0.05, 0.1) is 12.3 Å². The maximum Gasteiger partial charge on any atom is 0.251 e. The monoisotopic (exact) mass is 283 g/mol. The number of rotatable bonds is 9. The number of H-pyrrole nitrogens is 1. The second-order valence-electron chi connectivity index (χ2n) is 4.91. The Labute approximate surface area is 119 Å². The highest BCUT2D eigenvalue weighted by molar-refractivity contribution is 5.05. The van der Waals surface area contributed by atoms with Crippen molar-refractivity contribution in [1.82, 2.24) is 15.3 Å². The lowest BCUT2D eigenvalue weighted by Gasteiger charge is -2.20. The summed E-state index contributed by atoms with van der Waals surface area (Å²) in [5.74, 6) is 0.840. The molecule has 20 heavy (non-hydrogen) atoms. The van der Waals surface area contributed by atoms with E-state index in [0.29, 0.717) is 31.3 Å². The van der Waals surface area contributed by atoms with Gasteiger partial charge in [0.15, 0.2) is 0 Å². The fourth-order valence-electron chi connectivity index (χ4n) is 1.91. The summed E-state index contributed by atoms with van der Waals surface area (Å²) >= 11 is 0. The van der Waals surface area contributed by atoms with Gasteiger partial charge in [-0.15, -0.1) is 0 Å². The van der Waals surface area contributed by atoms with Crippen LogP contribution in [0.25, 0.3) is 0 Å². The molecule has 0 aliphatic rings. The SMILES string of the molecule is CCOC(c1nc(CNCCOC)cc(=O)[nH]1)C(C)C. The van der Waals surface area contributed by atoms with Crippen molar-refractivity contribution in [2.75, 3.05) is 26.9 Å². The highest BCUT2D eigenvalue weighted by Gasteiger charge is 2.19. The van der Waals surface area contributed by atoms with E-state index in [1.54, 1.807) is 7.11 Å². The molecule has 0 aliphatic carbocycles. The molecule has 0 spiro atoms. The standard InChI is InChI=1S/C14H25N3O3/c1-5-20-13(10(2)3)14-16-11(8-12(18)17-14)9-15-6-7-19-4/h8,10,13,15H,5-7,9H2,1-4H3,(H,16,17,18). The highest BCUT2D eigenvalue weighted by atomic mass is 16.5. The van der Waals surface area contributed by atoms with E-state index in [9.17, 15) is 4.79 Å². The van der Waals surface area contributed by atoms with Crippen LogP contribution in [0.5, 0.6) is 0 Å². The summed E-state index contributed by atoms with van der Waals surface area (Å²) in [6.07, 6.45) is -0.188. The molecule has 0 saturated heterocycles. The van der Waals surface area contributed by atoms with Gasteiger partial charge in [-0.05, 0) is 12.8 Å². The van der Waals surface area contributed by atoms with Crippen LogP contribution in [-0.4, -0.2) is 36.8 Å². The summed E-state index contributed by atoms with van der Waals surface area (Å²) in [4.78, 5) is 19.0. The fraction of sp³-hybridized carbons (Fsp3) is 0.714. The first-order chi connectivity index (χ1) is 9.58. The summed E-state index contributed by atoms with van der Waals surface area (Å²) in [7, 11) is 1.65. The van der Waals surface area contributed by atoms with Gasteiger partial charge in [-0.1, -0.05) is 13.8 Å². The van der Waals surface area contributed by atoms with Gasteiger partial charge >= 0.3 is 0 Å². The van der Waals surface area contributed by atoms with E-state index >= 15 is 0 Å². The summed E-state index contributed by atoms with van der Waals surface area (Å²) in [5.41, 5.74) is 0.564. The lowest BCUT2D eigenvalue weighted by molar-refractivity contribution is 0.0228. The molecule has 0 aliphatic heterocycles. The largest absolute Gasteiger partial charge is 0.383 e. The molecule has 0 bridgehead atoms. The first-order valence-electron chi connectivity index (χ1n) is 6.99. The average molecular weight is 283 g/mol. The van der Waals surface area contributed by atoms with Gasteiger partial charge in [-0.2, -0.15) is 0 Å². The molecule has 114 valence electrons. The topological polar surface area (TPSA) is 76.2 Å². The zero-order chi connectivity index (χ0) is 15.0. The quantitative estimate of drug-likeness (QED) is 0.667. The van der Waals surface area contributed by atoms with Crippen molar-refractivity contribution in [3.05, 3.63) is 27.9 Å².